The molecule has 0 aliphatic heterocycles. The Morgan fingerprint density at radius 3 is 2.04 bits per heavy atom. The van der Waals surface area contributed by atoms with Crippen molar-refractivity contribution >= 4 is 19.3 Å². The fraction of sp³-hybridized carbons (Fsp3) is 0.667. The number of rotatable bonds is 6. The summed E-state index contributed by atoms with van der Waals surface area (Å²) in [7, 11) is -2.97. The second-order valence-electron chi connectivity index (χ2n) is 8.53. The summed E-state index contributed by atoms with van der Waals surface area (Å²) in [5.74, 6) is 0. The summed E-state index contributed by atoms with van der Waals surface area (Å²) in [5, 5.41) is 0.164. The molecule has 0 bridgehead atoms. The maximum absolute atomic E-state index is 12.5. The third-order valence-electron chi connectivity index (χ3n) is 4.42. The first-order valence-corrected chi connectivity index (χ1v) is 12.3. The monoisotopic (exact) mass is 355 g/mol. The van der Waals surface area contributed by atoms with E-state index in [2.05, 4.69) is 50.7 Å². The normalized spacial score (nSPS) is 16.2. The standard InChI is InChI=1S/C18H33NO2SSi/c1-17(2,3)22(20)19-16(15-12-10-9-11-13-15)14-21-23(7,8)18(4,5)6/h9-13,16,19H,14H2,1-8H3/t16-,22?/m1/s1. The molecule has 0 aliphatic carbocycles. The van der Waals surface area contributed by atoms with Gasteiger partial charge in [0.2, 0.25) is 0 Å². The van der Waals surface area contributed by atoms with Crippen LogP contribution in [0.4, 0.5) is 0 Å². The molecule has 0 amide bonds. The molecule has 0 radical (unpaired) electrons. The van der Waals surface area contributed by atoms with Crippen molar-refractivity contribution in [3.05, 3.63) is 35.9 Å². The van der Waals surface area contributed by atoms with Crippen LogP contribution in [0.15, 0.2) is 30.3 Å². The summed E-state index contributed by atoms with van der Waals surface area (Å²) >= 11 is 0. The van der Waals surface area contributed by atoms with Crippen LogP contribution in [-0.4, -0.2) is 23.9 Å². The highest BCUT2D eigenvalue weighted by molar-refractivity contribution is 7.84. The van der Waals surface area contributed by atoms with Crippen molar-refractivity contribution in [3.63, 3.8) is 0 Å². The average molecular weight is 356 g/mol. The van der Waals surface area contributed by atoms with Gasteiger partial charge in [-0.15, -0.1) is 0 Å². The molecule has 0 saturated carbocycles. The molecule has 1 N–H and O–H groups in total. The lowest BCUT2D eigenvalue weighted by Crippen LogP contribution is -2.44. The zero-order valence-corrected chi connectivity index (χ0v) is 17.7. The van der Waals surface area contributed by atoms with E-state index < -0.39 is 19.3 Å². The van der Waals surface area contributed by atoms with Gasteiger partial charge in [-0.1, -0.05) is 51.1 Å². The fourth-order valence-electron chi connectivity index (χ4n) is 1.70. The first-order valence-electron chi connectivity index (χ1n) is 8.21. The Kier molecular flexibility index (Phi) is 6.79. The first kappa shape index (κ1) is 20.6. The first-order chi connectivity index (χ1) is 10.3. The molecule has 1 aromatic carbocycles. The molecule has 0 fully saturated rings. The van der Waals surface area contributed by atoms with Gasteiger partial charge in [0.25, 0.3) is 0 Å². The van der Waals surface area contributed by atoms with Crippen LogP contribution in [0.3, 0.4) is 0 Å². The van der Waals surface area contributed by atoms with Gasteiger partial charge in [0.1, 0.15) is 0 Å². The topological polar surface area (TPSA) is 38.3 Å². The zero-order chi connectivity index (χ0) is 17.9. The Balaban J connectivity index is 2.92. The maximum Gasteiger partial charge on any atom is 0.192 e. The van der Waals surface area contributed by atoms with Crippen LogP contribution >= 0.6 is 0 Å². The Hall–Kier alpha value is -0.493. The highest BCUT2D eigenvalue weighted by atomic mass is 32.2. The summed E-state index contributed by atoms with van der Waals surface area (Å²) in [6.07, 6.45) is 0. The molecule has 132 valence electrons. The summed E-state index contributed by atoms with van der Waals surface area (Å²) in [5.41, 5.74) is 1.11. The van der Waals surface area contributed by atoms with E-state index in [9.17, 15) is 4.21 Å². The van der Waals surface area contributed by atoms with Crippen molar-refractivity contribution < 1.29 is 8.63 Å². The van der Waals surface area contributed by atoms with E-state index in [-0.39, 0.29) is 15.8 Å². The smallest absolute Gasteiger partial charge is 0.192 e. The van der Waals surface area contributed by atoms with Crippen molar-refractivity contribution in [2.75, 3.05) is 6.61 Å². The van der Waals surface area contributed by atoms with E-state index in [1.807, 2.05) is 39.0 Å². The van der Waals surface area contributed by atoms with E-state index in [0.29, 0.717) is 6.61 Å². The summed E-state index contributed by atoms with van der Waals surface area (Å²) in [4.78, 5) is 0. The van der Waals surface area contributed by atoms with Crippen molar-refractivity contribution in [2.45, 2.75) is 70.5 Å². The van der Waals surface area contributed by atoms with E-state index in [4.69, 9.17) is 4.43 Å². The van der Waals surface area contributed by atoms with Gasteiger partial charge in [0.05, 0.1) is 28.4 Å². The molecule has 3 nitrogen and oxygen atoms in total. The quantitative estimate of drug-likeness (QED) is 0.744. The highest BCUT2D eigenvalue weighted by Gasteiger charge is 2.38. The third-order valence-corrected chi connectivity index (χ3v) is 10.5. The molecular formula is C18H33NO2SSi. The number of hydrogen-bond acceptors (Lipinski definition) is 2. The van der Waals surface area contributed by atoms with Gasteiger partial charge in [0, 0.05) is 0 Å². The van der Waals surface area contributed by atoms with Crippen molar-refractivity contribution in [2.24, 2.45) is 0 Å². The van der Waals surface area contributed by atoms with Crippen LogP contribution in [0.5, 0.6) is 0 Å². The Labute approximate surface area is 145 Å². The zero-order valence-electron chi connectivity index (χ0n) is 15.9. The SMILES string of the molecule is CC(C)(C)S(=O)N[C@H](CO[Si](C)(C)C(C)(C)C)c1ccccc1. The summed E-state index contributed by atoms with van der Waals surface area (Å²) in [6, 6.07) is 10.1. The van der Waals surface area contributed by atoms with Gasteiger partial charge in [0.15, 0.2) is 8.32 Å². The van der Waals surface area contributed by atoms with Crippen LogP contribution in [-0.2, 0) is 15.4 Å². The van der Waals surface area contributed by atoms with Crippen LogP contribution in [0.2, 0.25) is 18.1 Å². The number of nitrogens with one attached hydrogen (secondary N) is 1. The molecule has 2 atom stereocenters. The lowest BCUT2D eigenvalue weighted by Gasteiger charge is -2.37. The van der Waals surface area contributed by atoms with E-state index in [1.54, 1.807) is 0 Å². The average Bonchev–Trinajstić information content (AvgIpc) is 2.41. The minimum Gasteiger partial charge on any atom is -0.415 e. The molecule has 1 rings (SSSR count). The Morgan fingerprint density at radius 2 is 1.61 bits per heavy atom. The minimum atomic E-state index is -1.84. The molecule has 1 unspecified atom stereocenters. The van der Waals surface area contributed by atoms with Crippen LogP contribution in [0.25, 0.3) is 0 Å². The van der Waals surface area contributed by atoms with Crippen LogP contribution in [0, 0.1) is 0 Å². The van der Waals surface area contributed by atoms with Gasteiger partial charge in [-0.2, -0.15) is 0 Å². The minimum absolute atomic E-state index is 0.0645. The summed E-state index contributed by atoms with van der Waals surface area (Å²) < 4.78 is 21.9. The summed E-state index contributed by atoms with van der Waals surface area (Å²) in [6.45, 7) is 17.7. The van der Waals surface area contributed by atoms with Crippen molar-refractivity contribution in [1.82, 2.24) is 4.72 Å². The molecule has 0 saturated heterocycles. The van der Waals surface area contributed by atoms with Gasteiger partial charge in [-0.05, 0) is 44.5 Å². The highest BCUT2D eigenvalue weighted by Crippen LogP contribution is 2.37. The molecule has 1 aromatic rings. The second-order valence-corrected chi connectivity index (χ2v) is 15.3. The molecule has 23 heavy (non-hydrogen) atoms. The molecule has 0 aromatic heterocycles. The van der Waals surface area contributed by atoms with Crippen LogP contribution < -0.4 is 4.72 Å². The van der Waals surface area contributed by atoms with Crippen LogP contribution in [0.1, 0.15) is 53.1 Å². The lowest BCUT2D eigenvalue weighted by atomic mass is 10.1. The van der Waals surface area contributed by atoms with E-state index in [1.165, 1.54) is 0 Å². The van der Waals surface area contributed by atoms with Gasteiger partial charge >= 0.3 is 0 Å². The van der Waals surface area contributed by atoms with Gasteiger partial charge in [-0.25, -0.2) is 8.93 Å². The third kappa shape index (κ3) is 6.14. The Morgan fingerprint density at radius 1 is 1.09 bits per heavy atom. The maximum atomic E-state index is 12.5. The van der Waals surface area contributed by atoms with Crippen molar-refractivity contribution in [3.8, 4) is 0 Å². The Bertz CT molecular complexity index is 518. The van der Waals surface area contributed by atoms with Gasteiger partial charge < -0.3 is 4.43 Å². The molecule has 0 spiro atoms. The molecule has 5 heteroatoms. The molecular weight excluding hydrogens is 322 g/mol. The van der Waals surface area contributed by atoms with Crippen molar-refractivity contribution in [1.29, 1.82) is 0 Å². The van der Waals surface area contributed by atoms with E-state index in [0.717, 1.165) is 5.56 Å². The second kappa shape index (κ2) is 7.60. The lowest BCUT2D eigenvalue weighted by molar-refractivity contribution is 0.257. The van der Waals surface area contributed by atoms with Gasteiger partial charge in [-0.3, -0.25) is 0 Å². The molecule has 0 heterocycles. The molecule has 0 aliphatic rings. The number of benzene rings is 1. The number of hydrogen-bond donors (Lipinski definition) is 1. The predicted molar refractivity (Wildman–Crippen MR) is 103 cm³/mol. The fourth-order valence-corrected chi connectivity index (χ4v) is 3.53. The van der Waals surface area contributed by atoms with E-state index >= 15 is 0 Å². The predicted octanol–water partition coefficient (Wildman–Crippen LogP) is 4.80. The largest absolute Gasteiger partial charge is 0.415 e.